The zero-order valence-electron chi connectivity index (χ0n) is 18.5. The maximum Gasteiger partial charge on any atom is 0.121 e. The van der Waals surface area contributed by atoms with E-state index < -0.39 is 0 Å². The van der Waals surface area contributed by atoms with E-state index in [4.69, 9.17) is 5.10 Å². The van der Waals surface area contributed by atoms with Gasteiger partial charge in [-0.05, 0) is 52.2 Å². The molecule has 1 aliphatic rings. The molecule has 4 nitrogen and oxygen atoms in total. The monoisotopic (exact) mass is 388 g/mol. The number of benzene rings is 2. The number of nitrogens with zero attached hydrogens (tertiary/aromatic N) is 4. The van der Waals surface area contributed by atoms with Crippen LogP contribution >= 0.6 is 0 Å². The smallest absolute Gasteiger partial charge is 0.121 e. The molecule has 2 aromatic carbocycles. The molecule has 0 spiro atoms. The summed E-state index contributed by atoms with van der Waals surface area (Å²) in [6.45, 7) is 14.5. The highest BCUT2D eigenvalue weighted by atomic mass is 15.5. The van der Waals surface area contributed by atoms with Gasteiger partial charge in [0.05, 0.1) is 11.2 Å². The quantitative estimate of drug-likeness (QED) is 0.528. The highest BCUT2D eigenvalue weighted by Crippen LogP contribution is 2.45. The number of hydrogen-bond donors (Lipinski definition) is 0. The van der Waals surface area contributed by atoms with Crippen LogP contribution < -0.4 is 4.90 Å². The van der Waals surface area contributed by atoms with E-state index in [1.54, 1.807) is 0 Å². The molecule has 0 aliphatic carbocycles. The van der Waals surface area contributed by atoms with Gasteiger partial charge >= 0.3 is 0 Å². The van der Waals surface area contributed by atoms with Crippen LogP contribution in [0.3, 0.4) is 0 Å². The highest BCUT2D eigenvalue weighted by molar-refractivity contribution is 5.88. The SMILES string of the molecule is CCC(C)(C)N1Cc2ccccc2-c2nnn(C(C)(C)CC)c2-c2ccccc21. The molecule has 0 atom stereocenters. The molecule has 0 radical (unpaired) electrons. The third-order valence-corrected chi connectivity index (χ3v) is 6.76. The Morgan fingerprint density at radius 2 is 1.45 bits per heavy atom. The molecule has 29 heavy (non-hydrogen) atoms. The van der Waals surface area contributed by atoms with E-state index in [-0.39, 0.29) is 11.1 Å². The fourth-order valence-corrected chi connectivity index (χ4v) is 4.06. The Bertz CT molecular complexity index is 1030. The Kier molecular flexibility index (Phi) is 4.76. The number of fused-ring (bicyclic) bond motifs is 5. The Morgan fingerprint density at radius 3 is 2.14 bits per heavy atom. The minimum atomic E-state index is -0.118. The topological polar surface area (TPSA) is 34.0 Å². The van der Waals surface area contributed by atoms with E-state index in [9.17, 15) is 0 Å². The summed E-state index contributed by atoms with van der Waals surface area (Å²) in [6, 6.07) is 17.4. The van der Waals surface area contributed by atoms with Crippen LogP contribution in [0.1, 0.15) is 59.9 Å². The van der Waals surface area contributed by atoms with Crippen LogP contribution in [-0.2, 0) is 12.1 Å². The number of rotatable bonds is 4. The third kappa shape index (κ3) is 3.15. The fourth-order valence-electron chi connectivity index (χ4n) is 4.06. The molecular weight excluding hydrogens is 356 g/mol. The van der Waals surface area contributed by atoms with E-state index in [1.807, 2.05) is 0 Å². The standard InChI is InChI=1S/C25H32N4/c1-7-24(3,4)28-17-18-13-9-10-14-19(18)22-23(20-15-11-12-16-21(20)28)29(27-26-22)25(5,6)8-2/h9-16H,7-8,17H2,1-6H3. The summed E-state index contributed by atoms with van der Waals surface area (Å²) in [6.07, 6.45) is 2.05. The lowest BCUT2D eigenvalue weighted by Gasteiger charge is -2.42. The second kappa shape index (κ2) is 7.01. The number of para-hydroxylation sites is 1. The molecular formula is C25H32N4. The van der Waals surface area contributed by atoms with Gasteiger partial charge in [-0.3, -0.25) is 0 Å². The van der Waals surface area contributed by atoms with Gasteiger partial charge < -0.3 is 4.90 Å². The molecule has 0 saturated carbocycles. The summed E-state index contributed by atoms with van der Waals surface area (Å²) in [7, 11) is 0. The minimum absolute atomic E-state index is 0.0271. The molecule has 0 bridgehead atoms. The first-order chi connectivity index (χ1) is 13.8. The predicted molar refractivity (Wildman–Crippen MR) is 121 cm³/mol. The molecule has 1 aromatic heterocycles. The van der Waals surface area contributed by atoms with Crippen molar-refractivity contribution in [3.63, 3.8) is 0 Å². The summed E-state index contributed by atoms with van der Waals surface area (Å²) in [5, 5.41) is 9.39. The summed E-state index contributed by atoms with van der Waals surface area (Å²) in [5.74, 6) is 0. The lowest BCUT2D eigenvalue weighted by atomic mass is 9.90. The molecule has 0 fully saturated rings. The first-order valence-electron chi connectivity index (χ1n) is 10.7. The Morgan fingerprint density at radius 1 is 0.828 bits per heavy atom. The number of hydrogen-bond acceptors (Lipinski definition) is 3. The predicted octanol–water partition coefficient (Wildman–Crippen LogP) is 6.27. The molecule has 0 saturated heterocycles. The maximum atomic E-state index is 4.71. The molecule has 0 amide bonds. The van der Waals surface area contributed by atoms with Crippen molar-refractivity contribution in [3.8, 4) is 22.5 Å². The van der Waals surface area contributed by atoms with Crippen molar-refractivity contribution in [3.05, 3.63) is 54.1 Å². The molecule has 0 unspecified atom stereocenters. The average Bonchev–Trinajstić information content (AvgIpc) is 3.16. The van der Waals surface area contributed by atoms with E-state index in [0.29, 0.717) is 0 Å². The van der Waals surface area contributed by atoms with Crippen LogP contribution in [0.5, 0.6) is 0 Å². The van der Waals surface area contributed by atoms with Crippen LogP contribution in [0.4, 0.5) is 5.69 Å². The van der Waals surface area contributed by atoms with Crippen LogP contribution in [0.2, 0.25) is 0 Å². The zero-order valence-corrected chi connectivity index (χ0v) is 18.5. The van der Waals surface area contributed by atoms with Crippen LogP contribution in [0, 0.1) is 0 Å². The van der Waals surface area contributed by atoms with Gasteiger partial charge in [0.15, 0.2) is 0 Å². The highest BCUT2D eigenvalue weighted by Gasteiger charge is 2.34. The van der Waals surface area contributed by atoms with Crippen molar-refractivity contribution >= 4 is 5.69 Å². The van der Waals surface area contributed by atoms with Crippen molar-refractivity contribution in [2.24, 2.45) is 0 Å². The Hall–Kier alpha value is -2.62. The minimum Gasteiger partial charge on any atom is -0.362 e. The Labute approximate surface area is 174 Å². The van der Waals surface area contributed by atoms with Gasteiger partial charge in [-0.15, -0.1) is 5.10 Å². The van der Waals surface area contributed by atoms with E-state index in [1.165, 1.54) is 22.4 Å². The second-order valence-electron chi connectivity index (χ2n) is 9.29. The van der Waals surface area contributed by atoms with Crippen LogP contribution in [0.25, 0.3) is 22.5 Å². The average molecular weight is 389 g/mol. The molecule has 3 aromatic rings. The van der Waals surface area contributed by atoms with Crippen LogP contribution in [-0.4, -0.2) is 20.5 Å². The molecule has 4 heteroatoms. The van der Waals surface area contributed by atoms with Gasteiger partial charge in [0.2, 0.25) is 0 Å². The Balaban J connectivity index is 2.10. The molecule has 2 heterocycles. The molecule has 1 aliphatic heterocycles. The van der Waals surface area contributed by atoms with Gasteiger partial charge in [0, 0.05) is 28.9 Å². The second-order valence-corrected chi connectivity index (χ2v) is 9.29. The largest absolute Gasteiger partial charge is 0.362 e. The summed E-state index contributed by atoms with van der Waals surface area (Å²) >= 11 is 0. The third-order valence-electron chi connectivity index (χ3n) is 6.76. The lowest BCUT2D eigenvalue weighted by molar-refractivity contribution is 0.304. The zero-order chi connectivity index (χ0) is 20.8. The lowest BCUT2D eigenvalue weighted by Crippen LogP contribution is -2.44. The van der Waals surface area contributed by atoms with Gasteiger partial charge in [-0.1, -0.05) is 61.5 Å². The maximum absolute atomic E-state index is 4.71. The summed E-state index contributed by atoms with van der Waals surface area (Å²) < 4.78 is 2.14. The molecule has 0 N–H and O–H groups in total. The van der Waals surface area contributed by atoms with E-state index >= 15 is 0 Å². The van der Waals surface area contributed by atoms with Gasteiger partial charge in [-0.25, -0.2) is 4.68 Å². The normalized spacial score (nSPS) is 13.9. The van der Waals surface area contributed by atoms with E-state index in [2.05, 4.69) is 105 Å². The van der Waals surface area contributed by atoms with Crippen molar-refractivity contribution in [1.82, 2.24) is 15.0 Å². The van der Waals surface area contributed by atoms with Gasteiger partial charge in [0.25, 0.3) is 0 Å². The molecule has 152 valence electrons. The number of anilines is 1. The summed E-state index contributed by atoms with van der Waals surface area (Å²) in [4.78, 5) is 2.56. The fraction of sp³-hybridized carbons (Fsp3) is 0.440. The van der Waals surface area contributed by atoms with Crippen molar-refractivity contribution in [2.75, 3.05) is 4.90 Å². The van der Waals surface area contributed by atoms with Crippen molar-refractivity contribution in [1.29, 1.82) is 0 Å². The van der Waals surface area contributed by atoms with Gasteiger partial charge in [-0.2, -0.15) is 0 Å². The molecule has 4 rings (SSSR count). The first-order valence-corrected chi connectivity index (χ1v) is 10.7. The van der Waals surface area contributed by atoms with Crippen LogP contribution in [0.15, 0.2) is 48.5 Å². The number of aromatic nitrogens is 3. The van der Waals surface area contributed by atoms with Crippen molar-refractivity contribution in [2.45, 2.75) is 72.0 Å². The van der Waals surface area contributed by atoms with Crippen molar-refractivity contribution < 1.29 is 0 Å². The summed E-state index contributed by atoms with van der Waals surface area (Å²) in [5.41, 5.74) is 6.97. The van der Waals surface area contributed by atoms with Gasteiger partial charge in [0.1, 0.15) is 5.69 Å². The first kappa shape index (κ1) is 19.7. The van der Waals surface area contributed by atoms with E-state index in [0.717, 1.165) is 30.8 Å².